The average molecular weight is 142 g/mol. The summed E-state index contributed by atoms with van der Waals surface area (Å²) < 4.78 is 5.42. The molecule has 1 aliphatic carbocycles. The van der Waals surface area contributed by atoms with E-state index < -0.39 is 0 Å². The second-order valence-electron chi connectivity index (χ2n) is 3.38. The first-order valence-electron chi connectivity index (χ1n) is 4.17. The third-order valence-corrected chi connectivity index (χ3v) is 2.72. The van der Waals surface area contributed by atoms with Crippen LogP contribution in [0.4, 0.5) is 0 Å². The molecule has 1 aliphatic heterocycles. The van der Waals surface area contributed by atoms with E-state index in [0.29, 0.717) is 5.92 Å². The molecule has 1 N–H and O–H groups in total. The van der Waals surface area contributed by atoms with Gasteiger partial charge in [-0.05, 0) is 25.2 Å². The number of rotatable bonds is 0. The van der Waals surface area contributed by atoms with Crippen LogP contribution in [0.25, 0.3) is 0 Å². The Morgan fingerprint density at radius 2 is 2.10 bits per heavy atom. The van der Waals surface area contributed by atoms with E-state index in [1.165, 1.54) is 19.3 Å². The van der Waals surface area contributed by atoms with E-state index in [1.54, 1.807) is 0 Å². The van der Waals surface area contributed by atoms with Crippen molar-refractivity contribution in [2.45, 2.75) is 37.9 Å². The van der Waals surface area contributed by atoms with E-state index in [4.69, 9.17) is 4.74 Å². The number of hydrogen-bond acceptors (Lipinski definition) is 2. The SMILES string of the molecule is OC1CCCC2CCOC12. The summed E-state index contributed by atoms with van der Waals surface area (Å²) in [6, 6.07) is 0. The zero-order chi connectivity index (χ0) is 6.97. The van der Waals surface area contributed by atoms with Crippen molar-refractivity contribution in [1.82, 2.24) is 0 Å². The number of fused-ring (bicyclic) bond motifs is 1. The minimum atomic E-state index is -0.166. The van der Waals surface area contributed by atoms with Crippen molar-refractivity contribution in [1.29, 1.82) is 0 Å². The van der Waals surface area contributed by atoms with Crippen molar-refractivity contribution in [3.05, 3.63) is 0 Å². The highest BCUT2D eigenvalue weighted by Gasteiger charge is 2.36. The molecular formula is C8H14O2. The number of ether oxygens (including phenoxy) is 1. The zero-order valence-electron chi connectivity index (χ0n) is 6.12. The first kappa shape index (κ1) is 6.62. The van der Waals surface area contributed by atoms with Gasteiger partial charge in [-0.1, -0.05) is 6.42 Å². The summed E-state index contributed by atoms with van der Waals surface area (Å²) in [5.74, 6) is 0.670. The van der Waals surface area contributed by atoms with Gasteiger partial charge in [-0.15, -0.1) is 0 Å². The zero-order valence-corrected chi connectivity index (χ0v) is 6.12. The number of hydrogen-bond donors (Lipinski definition) is 1. The van der Waals surface area contributed by atoms with Crippen molar-refractivity contribution in [2.24, 2.45) is 5.92 Å². The number of aliphatic hydroxyl groups is 1. The van der Waals surface area contributed by atoms with Crippen molar-refractivity contribution in [3.63, 3.8) is 0 Å². The van der Waals surface area contributed by atoms with Gasteiger partial charge in [0.1, 0.15) is 0 Å². The van der Waals surface area contributed by atoms with Crippen LogP contribution >= 0.6 is 0 Å². The maximum atomic E-state index is 9.45. The molecule has 1 heterocycles. The lowest BCUT2D eigenvalue weighted by Gasteiger charge is -2.28. The molecule has 2 fully saturated rings. The molecule has 10 heavy (non-hydrogen) atoms. The molecular weight excluding hydrogens is 128 g/mol. The quantitative estimate of drug-likeness (QED) is 0.545. The summed E-state index contributed by atoms with van der Waals surface area (Å²) in [6.07, 6.45) is 4.59. The molecule has 1 saturated carbocycles. The smallest absolute Gasteiger partial charge is 0.0862 e. The molecule has 3 unspecified atom stereocenters. The summed E-state index contributed by atoms with van der Waals surface area (Å²) >= 11 is 0. The van der Waals surface area contributed by atoms with Crippen LogP contribution in [-0.4, -0.2) is 23.9 Å². The molecule has 0 aromatic heterocycles. The van der Waals surface area contributed by atoms with Crippen LogP contribution in [0.15, 0.2) is 0 Å². The molecule has 0 aromatic carbocycles. The van der Waals surface area contributed by atoms with Gasteiger partial charge in [0.15, 0.2) is 0 Å². The van der Waals surface area contributed by atoms with E-state index in [1.807, 2.05) is 0 Å². The van der Waals surface area contributed by atoms with E-state index in [2.05, 4.69) is 0 Å². The normalized spacial score (nSPS) is 47.1. The van der Waals surface area contributed by atoms with Gasteiger partial charge in [-0.3, -0.25) is 0 Å². The monoisotopic (exact) mass is 142 g/mol. The van der Waals surface area contributed by atoms with Crippen LogP contribution in [0.1, 0.15) is 25.7 Å². The van der Waals surface area contributed by atoms with Crippen LogP contribution < -0.4 is 0 Å². The van der Waals surface area contributed by atoms with Crippen LogP contribution in [0.3, 0.4) is 0 Å². The second kappa shape index (κ2) is 2.51. The molecule has 2 nitrogen and oxygen atoms in total. The van der Waals surface area contributed by atoms with Gasteiger partial charge in [0.2, 0.25) is 0 Å². The summed E-state index contributed by atoms with van der Waals surface area (Å²) in [6.45, 7) is 0.867. The molecule has 2 aliphatic rings. The summed E-state index contributed by atoms with van der Waals surface area (Å²) in [5.41, 5.74) is 0. The molecule has 1 saturated heterocycles. The van der Waals surface area contributed by atoms with Crippen LogP contribution in [0, 0.1) is 5.92 Å². The molecule has 3 atom stereocenters. The van der Waals surface area contributed by atoms with Crippen molar-refractivity contribution in [2.75, 3.05) is 6.61 Å². The molecule has 2 rings (SSSR count). The van der Waals surface area contributed by atoms with Gasteiger partial charge in [0.05, 0.1) is 12.2 Å². The fourth-order valence-corrected chi connectivity index (χ4v) is 2.14. The minimum absolute atomic E-state index is 0.166. The standard InChI is InChI=1S/C8H14O2/c9-7-3-1-2-6-4-5-10-8(6)7/h6-9H,1-5H2. The summed E-state index contributed by atoms with van der Waals surface area (Å²) in [7, 11) is 0. The molecule has 0 aromatic rings. The topological polar surface area (TPSA) is 29.5 Å². The van der Waals surface area contributed by atoms with Gasteiger partial charge in [0.25, 0.3) is 0 Å². The fraction of sp³-hybridized carbons (Fsp3) is 1.00. The predicted molar refractivity (Wildman–Crippen MR) is 37.7 cm³/mol. The Hall–Kier alpha value is -0.0800. The highest BCUT2D eigenvalue weighted by molar-refractivity contribution is 4.86. The average Bonchev–Trinajstić information content (AvgIpc) is 2.36. The lowest BCUT2D eigenvalue weighted by atomic mass is 9.84. The Morgan fingerprint density at radius 1 is 1.20 bits per heavy atom. The van der Waals surface area contributed by atoms with Crippen molar-refractivity contribution in [3.8, 4) is 0 Å². The third kappa shape index (κ3) is 0.956. The Morgan fingerprint density at radius 3 is 2.90 bits per heavy atom. The van der Waals surface area contributed by atoms with Gasteiger partial charge in [-0.25, -0.2) is 0 Å². The van der Waals surface area contributed by atoms with E-state index in [-0.39, 0.29) is 12.2 Å². The van der Waals surface area contributed by atoms with Crippen LogP contribution in [0.5, 0.6) is 0 Å². The number of aliphatic hydroxyl groups excluding tert-OH is 1. The minimum Gasteiger partial charge on any atom is -0.390 e. The molecule has 0 bridgehead atoms. The van der Waals surface area contributed by atoms with E-state index in [9.17, 15) is 5.11 Å². The predicted octanol–water partition coefficient (Wildman–Crippen LogP) is 0.936. The van der Waals surface area contributed by atoms with Gasteiger partial charge >= 0.3 is 0 Å². The van der Waals surface area contributed by atoms with Crippen LogP contribution in [0.2, 0.25) is 0 Å². The first-order valence-corrected chi connectivity index (χ1v) is 4.17. The van der Waals surface area contributed by atoms with Gasteiger partial charge < -0.3 is 9.84 Å². The highest BCUT2D eigenvalue weighted by atomic mass is 16.5. The molecule has 0 amide bonds. The fourth-order valence-electron chi connectivity index (χ4n) is 2.14. The third-order valence-electron chi connectivity index (χ3n) is 2.72. The molecule has 0 radical (unpaired) electrons. The lowest BCUT2D eigenvalue weighted by molar-refractivity contribution is -0.0400. The van der Waals surface area contributed by atoms with Crippen LogP contribution in [-0.2, 0) is 4.74 Å². The summed E-state index contributed by atoms with van der Waals surface area (Å²) in [4.78, 5) is 0. The van der Waals surface area contributed by atoms with E-state index >= 15 is 0 Å². The first-order chi connectivity index (χ1) is 4.88. The Kier molecular flexibility index (Phi) is 1.66. The highest BCUT2D eigenvalue weighted by Crippen LogP contribution is 2.33. The lowest BCUT2D eigenvalue weighted by Crippen LogP contribution is -2.34. The Labute approximate surface area is 61.2 Å². The summed E-state index contributed by atoms with van der Waals surface area (Å²) in [5, 5.41) is 9.45. The molecule has 58 valence electrons. The maximum Gasteiger partial charge on any atom is 0.0862 e. The van der Waals surface area contributed by atoms with E-state index in [0.717, 1.165) is 13.0 Å². The van der Waals surface area contributed by atoms with Gasteiger partial charge in [-0.2, -0.15) is 0 Å². The molecule has 0 spiro atoms. The van der Waals surface area contributed by atoms with Crippen molar-refractivity contribution < 1.29 is 9.84 Å². The Balaban J connectivity index is 2.03. The maximum absolute atomic E-state index is 9.45. The largest absolute Gasteiger partial charge is 0.390 e. The Bertz CT molecular complexity index is 124. The van der Waals surface area contributed by atoms with Gasteiger partial charge in [0, 0.05) is 6.61 Å². The second-order valence-corrected chi connectivity index (χ2v) is 3.38. The molecule has 2 heteroatoms. The van der Waals surface area contributed by atoms with Crippen molar-refractivity contribution >= 4 is 0 Å².